The smallest absolute Gasteiger partial charge is 0.167 e. The van der Waals surface area contributed by atoms with E-state index in [9.17, 15) is 13.2 Å². The highest BCUT2D eigenvalue weighted by atomic mass is 28.3. The SMILES string of the molecule is CC[Si](CC)(CC)/C(=C/C(F)(F)F)CCCc1ccccc1. The van der Waals surface area contributed by atoms with Crippen LogP contribution in [0.3, 0.4) is 0 Å². The summed E-state index contributed by atoms with van der Waals surface area (Å²) in [4.78, 5) is 0. The van der Waals surface area contributed by atoms with E-state index in [1.807, 2.05) is 30.3 Å². The lowest BCUT2D eigenvalue weighted by atomic mass is 10.1. The number of hydrogen-bond donors (Lipinski definition) is 0. The normalized spacial score (nSPS) is 13.5. The highest BCUT2D eigenvalue weighted by Gasteiger charge is 2.35. The molecule has 0 unspecified atom stereocenters. The van der Waals surface area contributed by atoms with Crippen molar-refractivity contribution in [2.75, 3.05) is 0 Å². The molecule has 0 aromatic heterocycles. The van der Waals surface area contributed by atoms with Gasteiger partial charge >= 0.3 is 6.18 Å². The number of benzene rings is 1. The fourth-order valence-corrected chi connectivity index (χ4v) is 7.29. The largest absolute Gasteiger partial charge is 0.409 e. The lowest BCUT2D eigenvalue weighted by Gasteiger charge is -2.32. The minimum Gasteiger partial charge on any atom is -0.167 e. The van der Waals surface area contributed by atoms with E-state index >= 15 is 0 Å². The average molecular weight is 328 g/mol. The van der Waals surface area contributed by atoms with Crippen LogP contribution in [0, 0.1) is 0 Å². The van der Waals surface area contributed by atoms with Crippen molar-refractivity contribution in [3.05, 3.63) is 47.2 Å². The average Bonchev–Trinajstić information content (AvgIpc) is 2.49. The van der Waals surface area contributed by atoms with Gasteiger partial charge in [0.1, 0.15) is 0 Å². The van der Waals surface area contributed by atoms with Crippen LogP contribution in [-0.2, 0) is 6.42 Å². The van der Waals surface area contributed by atoms with Crippen LogP contribution in [0.15, 0.2) is 41.6 Å². The van der Waals surface area contributed by atoms with Gasteiger partial charge in [-0.2, -0.15) is 13.2 Å². The molecule has 0 amide bonds. The number of allylic oxidation sites excluding steroid dienone is 2. The van der Waals surface area contributed by atoms with Crippen LogP contribution in [-0.4, -0.2) is 14.3 Å². The Balaban J connectivity index is 2.85. The van der Waals surface area contributed by atoms with Crippen LogP contribution in [0.4, 0.5) is 13.2 Å². The second-order valence-corrected chi connectivity index (χ2v) is 11.2. The molecule has 22 heavy (non-hydrogen) atoms. The Morgan fingerprint density at radius 3 is 2.00 bits per heavy atom. The number of aryl methyl sites for hydroxylation is 1. The molecule has 0 aliphatic rings. The standard InChI is InChI=1S/C18H27F3Si/c1-4-22(5-2,6-3)17(15-18(19,20)21)14-10-13-16-11-8-7-9-12-16/h7-9,11-12,15H,4-6,10,13-14H2,1-3H3/b17-15+. The van der Waals surface area contributed by atoms with Gasteiger partial charge in [0.05, 0.1) is 8.07 Å². The molecule has 0 aliphatic heterocycles. The van der Waals surface area contributed by atoms with Gasteiger partial charge in [-0.25, -0.2) is 0 Å². The summed E-state index contributed by atoms with van der Waals surface area (Å²) in [6, 6.07) is 12.7. The minimum atomic E-state index is -4.19. The number of hydrogen-bond acceptors (Lipinski definition) is 0. The molecule has 0 N–H and O–H groups in total. The molecule has 4 heteroatoms. The van der Waals surface area contributed by atoms with E-state index in [-0.39, 0.29) is 0 Å². The van der Waals surface area contributed by atoms with Crippen LogP contribution in [0.2, 0.25) is 18.1 Å². The maximum absolute atomic E-state index is 12.9. The van der Waals surface area contributed by atoms with E-state index in [4.69, 9.17) is 0 Å². The third-order valence-corrected chi connectivity index (χ3v) is 10.6. The summed E-state index contributed by atoms with van der Waals surface area (Å²) in [6.45, 7) is 6.17. The lowest BCUT2D eigenvalue weighted by Crippen LogP contribution is -2.35. The van der Waals surface area contributed by atoms with Gasteiger partial charge in [-0.15, -0.1) is 0 Å². The van der Waals surface area contributed by atoms with E-state index < -0.39 is 14.3 Å². The molecule has 1 aromatic carbocycles. The van der Waals surface area contributed by atoms with Crippen molar-refractivity contribution in [1.82, 2.24) is 0 Å². The van der Waals surface area contributed by atoms with E-state index in [1.165, 1.54) is 5.56 Å². The van der Waals surface area contributed by atoms with Crippen molar-refractivity contribution in [2.45, 2.75) is 64.3 Å². The molecular formula is C18H27F3Si. The van der Waals surface area contributed by atoms with Gasteiger partial charge < -0.3 is 0 Å². The summed E-state index contributed by atoms with van der Waals surface area (Å²) in [5.74, 6) is 0. The molecule has 0 bridgehead atoms. The molecule has 0 fully saturated rings. The van der Waals surface area contributed by atoms with Crippen LogP contribution >= 0.6 is 0 Å². The van der Waals surface area contributed by atoms with E-state index in [1.54, 1.807) is 0 Å². The van der Waals surface area contributed by atoms with Crippen molar-refractivity contribution in [2.24, 2.45) is 0 Å². The summed E-state index contributed by atoms with van der Waals surface area (Å²) in [7, 11) is -1.95. The highest BCUT2D eigenvalue weighted by Crippen LogP contribution is 2.34. The molecular weight excluding hydrogens is 301 g/mol. The van der Waals surface area contributed by atoms with Crippen molar-refractivity contribution in [3.63, 3.8) is 0 Å². The Morgan fingerprint density at radius 1 is 1.00 bits per heavy atom. The van der Waals surface area contributed by atoms with Crippen LogP contribution in [0.25, 0.3) is 0 Å². The van der Waals surface area contributed by atoms with Gasteiger partial charge in [0, 0.05) is 6.08 Å². The van der Waals surface area contributed by atoms with Crippen molar-refractivity contribution < 1.29 is 13.2 Å². The van der Waals surface area contributed by atoms with Crippen molar-refractivity contribution >= 4 is 8.07 Å². The zero-order valence-corrected chi connectivity index (χ0v) is 14.8. The van der Waals surface area contributed by atoms with E-state index in [0.717, 1.165) is 31.0 Å². The van der Waals surface area contributed by atoms with E-state index in [2.05, 4.69) is 20.8 Å². The molecule has 0 heterocycles. The van der Waals surface area contributed by atoms with Gasteiger partial charge in [-0.1, -0.05) is 74.4 Å². The second-order valence-electron chi connectivity index (χ2n) is 5.89. The zero-order chi connectivity index (χ0) is 16.6. The number of halogens is 3. The maximum atomic E-state index is 12.9. The zero-order valence-electron chi connectivity index (χ0n) is 13.8. The molecule has 0 saturated heterocycles. The first-order valence-electron chi connectivity index (χ1n) is 8.19. The van der Waals surface area contributed by atoms with Crippen molar-refractivity contribution in [1.29, 1.82) is 0 Å². The molecule has 0 aliphatic carbocycles. The molecule has 0 saturated carbocycles. The van der Waals surface area contributed by atoms with Gasteiger partial charge in [-0.3, -0.25) is 0 Å². The number of rotatable bonds is 8. The van der Waals surface area contributed by atoms with Crippen molar-refractivity contribution in [3.8, 4) is 0 Å². The van der Waals surface area contributed by atoms with Gasteiger partial charge in [-0.05, 0) is 24.8 Å². The summed E-state index contributed by atoms with van der Waals surface area (Å²) in [5, 5.41) is 0.712. The second kappa shape index (κ2) is 8.56. The van der Waals surface area contributed by atoms with Crippen LogP contribution in [0.1, 0.15) is 39.2 Å². The minimum absolute atomic E-state index is 0.580. The topological polar surface area (TPSA) is 0 Å². The first kappa shape index (κ1) is 19.0. The third kappa shape index (κ3) is 5.63. The predicted octanol–water partition coefficient (Wildman–Crippen LogP) is 6.55. The third-order valence-electron chi connectivity index (χ3n) is 4.80. The molecule has 124 valence electrons. The van der Waals surface area contributed by atoms with Crippen LogP contribution in [0.5, 0.6) is 0 Å². The summed E-state index contributed by atoms with van der Waals surface area (Å²) >= 11 is 0. The molecule has 1 rings (SSSR count). The van der Waals surface area contributed by atoms with Crippen LogP contribution < -0.4 is 0 Å². The first-order chi connectivity index (χ1) is 10.4. The Morgan fingerprint density at radius 2 is 1.55 bits per heavy atom. The Labute approximate surface area is 133 Å². The van der Waals surface area contributed by atoms with Gasteiger partial charge in [0.15, 0.2) is 0 Å². The fraction of sp³-hybridized carbons (Fsp3) is 0.556. The highest BCUT2D eigenvalue weighted by molar-refractivity contribution is 6.86. The summed E-state index contributed by atoms with van der Waals surface area (Å²) < 4.78 is 38.8. The van der Waals surface area contributed by atoms with Gasteiger partial charge in [0.25, 0.3) is 0 Å². The lowest BCUT2D eigenvalue weighted by molar-refractivity contribution is -0.0803. The molecule has 0 spiro atoms. The molecule has 1 aromatic rings. The first-order valence-corrected chi connectivity index (χ1v) is 10.8. The Hall–Kier alpha value is -1.03. The molecule has 0 nitrogen and oxygen atoms in total. The Bertz CT molecular complexity index is 451. The fourth-order valence-electron chi connectivity index (χ4n) is 3.25. The predicted molar refractivity (Wildman–Crippen MR) is 90.7 cm³/mol. The summed E-state index contributed by atoms with van der Waals surface area (Å²) in [5.41, 5.74) is 1.20. The quantitative estimate of drug-likeness (QED) is 0.475. The maximum Gasteiger partial charge on any atom is 0.409 e. The molecule has 0 atom stereocenters. The van der Waals surface area contributed by atoms with Gasteiger partial charge in [0.2, 0.25) is 0 Å². The number of alkyl halides is 3. The molecule has 0 radical (unpaired) electrons. The summed E-state index contributed by atoms with van der Waals surface area (Å²) in [6.07, 6.45) is -1.35. The Kier molecular flexibility index (Phi) is 7.40. The monoisotopic (exact) mass is 328 g/mol. The van der Waals surface area contributed by atoms with E-state index in [0.29, 0.717) is 17.7 Å².